The molecule has 8 heteroatoms. The summed E-state index contributed by atoms with van der Waals surface area (Å²) < 4.78 is 9.69. The molecule has 3 rings (SSSR count). The normalized spacial score (nSPS) is 10.1. The van der Waals surface area contributed by atoms with Crippen LogP contribution in [-0.4, -0.2) is 29.6 Å². The zero-order valence-electron chi connectivity index (χ0n) is 16.8. The average Bonchev–Trinajstić information content (AvgIpc) is 2.79. The largest absolute Gasteiger partial charge is 0.513 e. The van der Waals surface area contributed by atoms with Gasteiger partial charge in [-0.2, -0.15) is 0 Å². The van der Waals surface area contributed by atoms with E-state index in [0.717, 1.165) is 5.56 Å². The number of anilines is 1. The molecule has 2 aromatic carbocycles. The number of hydrogen-bond donors (Lipinski definition) is 2. The first-order valence-electron chi connectivity index (χ1n) is 9.60. The van der Waals surface area contributed by atoms with E-state index in [1.807, 2.05) is 12.1 Å². The Kier molecular flexibility index (Phi) is 7.31. The number of ether oxygens (including phenoxy) is 2. The predicted octanol–water partition coefficient (Wildman–Crippen LogP) is 3.80. The molecule has 158 valence electrons. The number of rotatable bonds is 7. The van der Waals surface area contributed by atoms with Crippen LogP contribution in [0.3, 0.4) is 0 Å². The lowest BCUT2D eigenvalue weighted by Crippen LogP contribution is -2.24. The molecule has 0 fully saturated rings. The van der Waals surface area contributed by atoms with Gasteiger partial charge in [-0.15, -0.1) is 0 Å². The molecule has 2 amide bonds. The minimum Gasteiger partial charge on any atom is -0.434 e. The zero-order valence-corrected chi connectivity index (χ0v) is 16.8. The Labute approximate surface area is 179 Å². The van der Waals surface area contributed by atoms with Crippen molar-refractivity contribution >= 4 is 23.7 Å². The number of nitrogens with zero attached hydrogens (tertiary/aromatic N) is 1. The minimum absolute atomic E-state index is 0.209. The molecule has 31 heavy (non-hydrogen) atoms. The Bertz CT molecular complexity index is 1050. The van der Waals surface area contributed by atoms with E-state index in [4.69, 9.17) is 9.47 Å². The van der Waals surface area contributed by atoms with Gasteiger partial charge in [-0.25, -0.2) is 4.79 Å². The number of amides is 2. The molecule has 3 aromatic rings. The Morgan fingerprint density at radius 1 is 0.903 bits per heavy atom. The highest BCUT2D eigenvalue weighted by atomic mass is 16.7. The lowest BCUT2D eigenvalue weighted by Gasteiger charge is -2.12. The highest BCUT2D eigenvalue weighted by Crippen LogP contribution is 2.18. The van der Waals surface area contributed by atoms with Gasteiger partial charge in [0.15, 0.2) is 0 Å². The van der Waals surface area contributed by atoms with Crippen LogP contribution in [0.1, 0.15) is 33.3 Å². The van der Waals surface area contributed by atoms with Gasteiger partial charge in [-0.1, -0.05) is 24.3 Å². The van der Waals surface area contributed by atoms with Crippen molar-refractivity contribution in [2.24, 2.45) is 0 Å². The third-order valence-corrected chi connectivity index (χ3v) is 4.18. The number of carbonyl (C=O) groups excluding carboxylic acids is 3. The highest BCUT2D eigenvalue weighted by molar-refractivity contribution is 6.04. The van der Waals surface area contributed by atoms with E-state index in [-0.39, 0.29) is 30.7 Å². The molecular weight excluding hydrogens is 398 g/mol. The van der Waals surface area contributed by atoms with Gasteiger partial charge in [0.1, 0.15) is 11.4 Å². The summed E-state index contributed by atoms with van der Waals surface area (Å²) in [6, 6.07) is 18.3. The summed E-state index contributed by atoms with van der Waals surface area (Å²) in [4.78, 5) is 40.2. The van der Waals surface area contributed by atoms with Crippen LogP contribution in [0.4, 0.5) is 10.5 Å². The summed E-state index contributed by atoms with van der Waals surface area (Å²) in [5, 5.41) is 5.62. The molecule has 0 aliphatic carbocycles. The van der Waals surface area contributed by atoms with Gasteiger partial charge in [-0.3, -0.25) is 14.6 Å². The van der Waals surface area contributed by atoms with Crippen molar-refractivity contribution in [1.29, 1.82) is 0 Å². The molecule has 8 nitrogen and oxygen atoms in total. The number of hydrogen-bond acceptors (Lipinski definition) is 6. The zero-order chi connectivity index (χ0) is 22.1. The molecule has 0 saturated carbocycles. The van der Waals surface area contributed by atoms with Crippen LogP contribution in [0.15, 0.2) is 72.9 Å². The lowest BCUT2D eigenvalue weighted by molar-refractivity contribution is 0.0944. The molecule has 2 N–H and O–H groups in total. The fourth-order valence-corrected chi connectivity index (χ4v) is 2.67. The Morgan fingerprint density at radius 2 is 1.65 bits per heavy atom. The second kappa shape index (κ2) is 10.5. The molecule has 0 aliphatic heterocycles. The van der Waals surface area contributed by atoms with Crippen molar-refractivity contribution < 1.29 is 23.9 Å². The van der Waals surface area contributed by atoms with Gasteiger partial charge in [0.2, 0.25) is 0 Å². The SMILES string of the molecule is CCOC(=O)Oc1ccc(C(=O)Nc2ccccc2CNC(=O)c2ccccn2)cc1. The van der Waals surface area contributed by atoms with Crippen molar-refractivity contribution in [2.45, 2.75) is 13.5 Å². The Balaban J connectivity index is 1.63. The van der Waals surface area contributed by atoms with Gasteiger partial charge in [0.25, 0.3) is 11.8 Å². The summed E-state index contributed by atoms with van der Waals surface area (Å²) >= 11 is 0. The summed E-state index contributed by atoms with van der Waals surface area (Å²) in [5.41, 5.74) is 2.00. The number of benzene rings is 2. The van der Waals surface area contributed by atoms with E-state index in [1.54, 1.807) is 43.5 Å². The quantitative estimate of drug-likeness (QED) is 0.446. The number of para-hydroxylation sites is 1. The van der Waals surface area contributed by atoms with Crippen LogP contribution >= 0.6 is 0 Å². The summed E-state index contributed by atoms with van der Waals surface area (Å²) in [5.74, 6) is -0.377. The standard InChI is InChI=1S/C23H21N3O5/c1-2-30-23(29)31-18-12-10-16(11-13-18)21(27)26-19-8-4-3-7-17(19)15-25-22(28)20-9-5-6-14-24-20/h3-14H,2,15H2,1H3,(H,25,28)(H,26,27). The highest BCUT2D eigenvalue weighted by Gasteiger charge is 2.12. The molecular formula is C23H21N3O5. The second-order valence-electron chi connectivity index (χ2n) is 6.32. The first-order valence-corrected chi connectivity index (χ1v) is 9.60. The van der Waals surface area contributed by atoms with Crippen LogP contribution in [0.2, 0.25) is 0 Å². The molecule has 0 spiro atoms. The van der Waals surface area contributed by atoms with Crippen LogP contribution in [-0.2, 0) is 11.3 Å². The van der Waals surface area contributed by atoms with E-state index in [0.29, 0.717) is 16.9 Å². The fraction of sp³-hybridized carbons (Fsp3) is 0.130. The van der Waals surface area contributed by atoms with Crippen LogP contribution in [0, 0.1) is 0 Å². The molecule has 0 atom stereocenters. The minimum atomic E-state index is -0.804. The van der Waals surface area contributed by atoms with Gasteiger partial charge in [0.05, 0.1) is 6.61 Å². The van der Waals surface area contributed by atoms with E-state index in [2.05, 4.69) is 15.6 Å². The fourth-order valence-electron chi connectivity index (χ4n) is 2.67. The molecule has 0 radical (unpaired) electrons. The van der Waals surface area contributed by atoms with E-state index < -0.39 is 6.16 Å². The van der Waals surface area contributed by atoms with Crippen molar-refractivity contribution in [3.05, 3.63) is 89.7 Å². The third kappa shape index (κ3) is 6.14. The molecule has 0 saturated heterocycles. The van der Waals surface area contributed by atoms with Crippen molar-refractivity contribution in [2.75, 3.05) is 11.9 Å². The Morgan fingerprint density at radius 3 is 2.35 bits per heavy atom. The topological polar surface area (TPSA) is 107 Å². The van der Waals surface area contributed by atoms with Gasteiger partial charge >= 0.3 is 6.16 Å². The maximum Gasteiger partial charge on any atom is 0.513 e. The first-order chi connectivity index (χ1) is 15.1. The number of pyridine rings is 1. The van der Waals surface area contributed by atoms with Crippen LogP contribution in [0.25, 0.3) is 0 Å². The third-order valence-electron chi connectivity index (χ3n) is 4.18. The van der Waals surface area contributed by atoms with Crippen molar-refractivity contribution in [3.8, 4) is 5.75 Å². The Hall–Kier alpha value is -4.20. The van der Waals surface area contributed by atoms with Gasteiger partial charge in [-0.05, 0) is 55.0 Å². The first kappa shape index (κ1) is 21.5. The average molecular weight is 419 g/mol. The van der Waals surface area contributed by atoms with Gasteiger partial charge in [0, 0.05) is 24.0 Å². The maximum atomic E-state index is 12.6. The molecule has 0 aliphatic rings. The molecule has 0 unspecified atom stereocenters. The second-order valence-corrected chi connectivity index (χ2v) is 6.32. The van der Waals surface area contributed by atoms with Gasteiger partial charge < -0.3 is 20.1 Å². The van der Waals surface area contributed by atoms with E-state index >= 15 is 0 Å². The number of aromatic nitrogens is 1. The van der Waals surface area contributed by atoms with Crippen molar-refractivity contribution in [3.63, 3.8) is 0 Å². The van der Waals surface area contributed by atoms with Crippen LogP contribution in [0.5, 0.6) is 5.75 Å². The molecule has 1 aromatic heterocycles. The molecule has 1 heterocycles. The van der Waals surface area contributed by atoms with Crippen molar-refractivity contribution in [1.82, 2.24) is 10.3 Å². The van der Waals surface area contributed by atoms with E-state index in [1.165, 1.54) is 24.3 Å². The monoisotopic (exact) mass is 419 g/mol. The summed E-state index contributed by atoms with van der Waals surface area (Å²) in [6.07, 6.45) is 0.743. The molecule has 0 bridgehead atoms. The smallest absolute Gasteiger partial charge is 0.434 e. The number of carbonyl (C=O) groups is 3. The van der Waals surface area contributed by atoms with Crippen LogP contribution < -0.4 is 15.4 Å². The summed E-state index contributed by atoms with van der Waals surface area (Å²) in [6.45, 7) is 2.11. The van der Waals surface area contributed by atoms with E-state index in [9.17, 15) is 14.4 Å². The predicted molar refractivity (Wildman–Crippen MR) is 114 cm³/mol. The lowest BCUT2D eigenvalue weighted by atomic mass is 10.1. The summed E-state index contributed by atoms with van der Waals surface area (Å²) in [7, 11) is 0. The number of nitrogens with one attached hydrogen (secondary N) is 2. The maximum absolute atomic E-state index is 12.6.